The third-order valence-electron chi connectivity index (χ3n) is 4.53. The van der Waals surface area contributed by atoms with Crippen LogP contribution in [0.25, 0.3) is 0 Å². The van der Waals surface area contributed by atoms with Crippen molar-refractivity contribution in [3.8, 4) is 0 Å². The molecule has 1 fully saturated rings. The van der Waals surface area contributed by atoms with E-state index in [0.717, 1.165) is 11.1 Å². The molecule has 1 aliphatic rings. The Labute approximate surface area is 146 Å². The number of halogens is 1. The molecule has 5 heteroatoms. The highest BCUT2D eigenvalue weighted by Gasteiger charge is 2.38. The number of carbonyl (C=O) groups is 1. The molecule has 0 aliphatic carbocycles. The third kappa shape index (κ3) is 4.44. The van der Waals surface area contributed by atoms with E-state index < -0.39 is 5.60 Å². The summed E-state index contributed by atoms with van der Waals surface area (Å²) in [7, 11) is 0. The summed E-state index contributed by atoms with van der Waals surface area (Å²) in [6, 6.07) is 15.7. The predicted molar refractivity (Wildman–Crippen MR) is 92.6 cm³/mol. The van der Waals surface area contributed by atoms with Gasteiger partial charge in [-0.05, 0) is 23.3 Å². The van der Waals surface area contributed by atoms with Gasteiger partial charge in [0, 0.05) is 13.0 Å². The highest BCUT2D eigenvalue weighted by atomic mass is 19.1. The summed E-state index contributed by atoms with van der Waals surface area (Å²) < 4.78 is 18.9. The maximum Gasteiger partial charge on any atom is 0.227 e. The highest BCUT2D eigenvalue weighted by Crippen LogP contribution is 2.24. The lowest BCUT2D eigenvalue weighted by molar-refractivity contribution is -0.157. The Hall–Kier alpha value is -2.24. The van der Waals surface area contributed by atoms with E-state index in [1.165, 1.54) is 12.1 Å². The zero-order valence-electron chi connectivity index (χ0n) is 14.0. The standard InChI is InChI=1S/C20H22FNO3/c21-18-8-6-17(7-9-18)13-20(15-23)14-22(10-11-25-20)19(24)12-16-4-2-1-3-5-16/h1-9,23H,10-15H2. The number of nitrogens with zero attached hydrogens (tertiary/aromatic N) is 1. The Morgan fingerprint density at radius 1 is 1.12 bits per heavy atom. The second kappa shape index (κ2) is 7.76. The number of ether oxygens (including phenoxy) is 1. The maximum absolute atomic E-state index is 13.1. The highest BCUT2D eigenvalue weighted by molar-refractivity contribution is 5.79. The lowest BCUT2D eigenvalue weighted by Crippen LogP contribution is -2.57. The number of aliphatic hydroxyl groups excluding tert-OH is 1. The molecule has 0 aromatic heterocycles. The molecule has 25 heavy (non-hydrogen) atoms. The van der Waals surface area contributed by atoms with Crippen molar-refractivity contribution in [2.24, 2.45) is 0 Å². The van der Waals surface area contributed by atoms with Gasteiger partial charge in [-0.15, -0.1) is 0 Å². The van der Waals surface area contributed by atoms with Crippen LogP contribution in [0.2, 0.25) is 0 Å². The van der Waals surface area contributed by atoms with Crippen molar-refractivity contribution in [3.63, 3.8) is 0 Å². The molecule has 132 valence electrons. The summed E-state index contributed by atoms with van der Waals surface area (Å²) >= 11 is 0. The Morgan fingerprint density at radius 3 is 2.52 bits per heavy atom. The molecule has 0 saturated carbocycles. The summed E-state index contributed by atoms with van der Waals surface area (Å²) in [4.78, 5) is 14.4. The van der Waals surface area contributed by atoms with Crippen molar-refractivity contribution in [2.75, 3.05) is 26.3 Å². The number of hydrogen-bond acceptors (Lipinski definition) is 3. The van der Waals surface area contributed by atoms with Crippen LogP contribution < -0.4 is 0 Å². The topological polar surface area (TPSA) is 49.8 Å². The number of carbonyl (C=O) groups excluding carboxylic acids is 1. The molecular weight excluding hydrogens is 321 g/mol. The Balaban J connectivity index is 1.69. The fraction of sp³-hybridized carbons (Fsp3) is 0.350. The van der Waals surface area contributed by atoms with E-state index in [-0.39, 0.29) is 18.3 Å². The number of aliphatic hydroxyl groups is 1. The van der Waals surface area contributed by atoms with Gasteiger partial charge in [0.05, 0.1) is 26.2 Å². The van der Waals surface area contributed by atoms with Gasteiger partial charge in [-0.3, -0.25) is 4.79 Å². The van der Waals surface area contributed by atoms with Crippen LogP contribution in [-0.2, 0) is 22.4 Å². The van der Waals surface area contributed by atoms with Gasteiger partial charge in [0.15, 0.2) is 0 Å². The second-order valence-electron chi connectivity index (χ2n) is 6.47. The third-order valence-corrected chi connectivity index (χ3v) is 4.53. The van der Waals surface area contributed by atoms with E-state index in [9.17, 15) is 14.3 Å². The van der Waals surface area contributed by atoms with Crippen molar-refractivity contribution in [1.82, 2.24) is 4.90 Å². The molecule has 1 aliphatic heterocycles. The van der Waals surface area contributed by atoms with Crippen LogP contribution in [-0.4, -0.2) is 47.8 Å². The van der Waals surface area contributed by atoms with Crippen LogP contribution in [0.3, 0.4) is 0 Å². The van der Waals surface area contributed by atoms with Crippen molar-refractivity contribution in [1.29, 1.82) is 0 Å². The molecule has 1 atom stereocenters. The van der Waals surface area contributed by atoms with E-state index in [0.29, 0.717) is 32.5 Å². The lowest BCUT2D eigenvalue weighted by atomic mass is 9.93. The second-order valence-corrected chi connectivity index (χ2v) is 6.47. The number of hydrogen-bond donors (Lipinski definition) is 1. The van der Waals surface area contributed by atoms with E-state index >= 15 is 0 Å². The maximum atomic E-state index is 13.1. The molecule has 1 saturated heterocycles. The van der Waals surface area contributed by atoms with Gasteiger partial charge < -0.3 is 14.7 Å². The molecule has 0 radical (unpaired) electrons. The molecule has 1 heterocycles. The van der Waals surface area contributed by atoms with Crippen molar-refractivity contribution >= 4 is 5.91 Å². The average molecular weight is 343 g/mol. The van der Waals surface area contributed by atoms with Gasteiger partial charge >= 0.3 is 0 Å². The largest absolute Gasteiger partial charge is 0.393 e. The van der Waals surface area contributed by atoms with Crippen molar-refractivity contribution in [3.05, 3.63) is 71.5 Å². The first-order valence-corrected chi connectivity index (χ1v) is 8.41. The minimum atomic E-state index is -0.845. The lowest BCUT2D eigenvalue weighted by Gasteiger charge is -2.42. The van der Waals surface area contributed by atoms with Gasteiger partial charge in [-0.1, -0.05) is 42.5 Å². The number of amides is 1. The SMILES string of the molecule is O=C(Cc1ccccc1)N1CCOC(CO)(Cc2ccc(F)cc2)C1. The van der Waals surface area contributed by atoms with E-state index in [2.05, 4.69) is 0 Å². The fourth-order valence-electron chi connectivity index (χ4n) is 3.17. The fourth-order valence-corrected chi connectivity index (χ4v) is 3.17. The molecule has 0 bridgehead atoms. The van der Waals surface area contributed by atoms with Gasteiger partial charge in [0.2, 0.25) is 5.91 Å². The van der Waals surface area contributed by atoms with Crippen LogP contribution in [0.4, 0.5) is 4.39 Å². The van der Waals surface area contributed by atoms with E-state index in [4.69, 9.17) is 4.74 Å². The Bertz CT molecular complexity index is 705. The Morgan fingerprint density at radius 2 is 1.84 bits per heavy atom. The van der Waals surface area contributed by atoms with Crippen molar-refractivity contribution < 1.29 is 19.0 Å². The molecule has 2 aromatic rings. The summed E-state index contributed by atoms with van der Waals surface area (Å²) in [5, 5.41) is 9.91. The quantitative estimate of drug-likeness (QED) is 0.905. The normalized spacial score (nSPS) is 20.5. The zero-order chi connectivity index (χ0) is 17.7. The molecule has 1 unspecified atom stereocenters. The predicted octanol–water partition coefficient (Wildman–Crippen LogP) is 2.20. The van der Waals surface area contributed by atoms with Crippen LogP contribution in [0.15, 0.2) is 54.6 Å². The zero-order valence-corrected chi connectivity index (χ0v) is 14.0. The molecule has 3 rings (SSSR count). The smallest absolute Gasteiger partial charge is 0.227 e. The van der Waals surface area contributed by atoms with Crippen LogP contribution >= 0.6 is 0 Å². The first-order valence-electron chi connectivity index (χ1n) is 8.41. The average Bonchev–Trinajstić information content (AvgIpc) is 2.65. The number of benzene rings is 2. The number of rotatable bonds is 5. The van der Waals surface area contributed by atoms with E-state index in [1.807, 2.05) is 30.3 Å². The summed E-state index contributed by atoms with van der Waals surface area (Å²) in [5.41, 5.74) is 0.988. The van der Waals surface area contributed by atoms with Gasteiger partial charge in [0.25, 0.3) is 0 Å². The molecular formula is C20H22FNO3. The first-order chi connectivity index (χ1) is 12.1. The number of morpholine rings is 1. The van der Waals surface area contributed by atoms with Crippen molar-refractivity contribution in [2.45, 2.75) is 18.4 Å². The summed E-state index contributed by atoms with van der Waals surface area (Å²) in [5.74, 6) is -0.280. The van der Waals surface area contributed by atoms with Gasteiger partial charge in [-0.2, -0.15) is 0 Å². The molecule has 1 amide bonds. The van der Waals surface area contributed by atoms with Gasteiger partial charge in [0.1, 0.15) is 11.4 Å². The van der Waals surface area contributed by atoms with Crippen LogP contribution in [0, 0.1) is 5.82 Å². The molecule has 0 spiro atoms. The van der Waals surface area contributed by atoms with Gasteiger partial charge in [-0.25, -0.2) is 4.39 Å². The minimum absolute atomic E-state index is 0.0198. The van der Waals surface area contributed by atoms with Crippen LogP contribution in [0.5, 0.6) is 0 Å². The molecule has 4 nitrogen and oxygen atoms in total. The molecule has 2 aromatic carbocycles. The van der Waals surface area contributed by atoms with E-state index in [1.54, 1.807) is 17.0 Å². The molecule has 1 N–H and O–H groups in total. The minimum Gasteiger partial charge on any atom is -0.393 e. The summed E-state index contributed by atoms with van der Waals surface area (Å²) in [6.07, 6.45) is 0.762. The van der Waals surface area contributed by atoms with Crippen LogP contribution in [0.1, 0.15) is 11.1 Å². The monoisotopic (exact) mass is 343 g/mol. The Kier molecular flexibility index (Phi) is 5.46. The summed E-state index contributed by atoms with van der Waals surface area (Å²) in [6.45, 7) is 1.02. The first kappa shape index (κ1) is 17.6.